The van der Waals surface area contributed by atoms with Gasteiger partial charge in [-0.15, -0.1) is 27.2 Å². The molecule has 202 valence electrons. The lowest BCUT2D eigenvalue weighted by Gasteiger charge is -2.38. The van der Waals surface area contributed by atoms with Gasteiger partial charge in [0.1, 0.15) is 24.0 Å². The highest BCUT2D eigenvalue weighted by Crippen LogP contribution is 2.38. The van der Waals surface area contributed by atoms with Crippen LogP contribution in [0.2, 0.25) is 10.0 Å². The number of aliphatic hydroxyl groups excluding tert-OH is 1. The van der Waals surface area contributed by atoms with Crippen molar-refractivity contribution in [2.45, 2.75) is 31.3 Å². The molecule has 0 spiro atoms. The lowest BCUT2D eigenvalue weighted by molar-refractivity contribution is 0.0557. The van der Waals surface area contributed by atoms with Crippen molar-refractivity contribution in [3.8, 4) is 23.5 Å². The number of aryl methyl sites for hydroxylation is 1. The molecule has 0 unspecified atom stereocenters. The van der Waals surface area contributed by atoms with Crippen molar-refractivity contribution >= 4 is 51.2 Å². The fraction of sp³-hybridized carbons (Fsp3) is 0.346. The van der Waals surface area contributed by atoms with E-state index in [1.165, 1.54) is 0 Å². The molecule has 0 radical (unpaired) electrons. The molecule has 1 aliphatic heterocycles. The average Bonchev–Trinajstić information content (AvgIpc) is 3.51. The molecule has 2 aromatic heterocycles. The van der Waals surface area contributed by atoms with Gasteiger partial charge in [0.15, 0.2) is 5.76 Å². The molecule has 0 saturated carbocycles. The molecule has 0 amide bonds. The average molecular weight is 626 g/mol. The zero-order valence-electron chi connectivity index (χ0n) is 20.5. The Hall–Kier alpha value is -2.65. The maximum atomic E-state index is 10.7. The molecule has 1 aliphatic rings. The Labute approximate surface area is 240 Å². The minimum atomic E-state index is -0.704. The van der Waals surface area contributed by atoms with Gasteiger partial charge in [0, 0.05) is 32.6 Å². The van der Waals surface area contributed by atoms with Crippen LogP contribution in [0.4, 0.5) is 0 Å². The molecule has 1 atom stereocenters. The molecule has 2 aromatic carbocycles. The molecule has 9 nitrogen and oxygen atoms in total. The number of aromatic nitrogens is 2. The summed E-state index contributed by atoms with van der Waals surface area (Å²) in [5.74, 6) is 1.80. The van der Waals surface area contributed by atoms with Gasteiger partial charge in [0.25, 0.3) is 5.89 Å². The highest BCUT2D eigenvalue weighted by molar-refractivity contribution is 8.93. The third-order valence-electron chi connectivity index (χ3n) is 6.55. The first-order chi connectivity index (χ1) is 17.4. The third-order valence-corrected chi connectivity index (χ3v) is 7.29. The Morgan fingerprint density at radius 1 is 1.13 bits per heavy atom. The second-order valence-electron chi connectivity index (χ2n) is 8.99. The second kappa shape index (κ2) is 12.5. The van der Waals surface area contributed by atoms with Gasteiger partial charge < -0.3 is 29.1 Å². The van der Waals surface area contributed by atoms with Gasteiger partial charge in [-0.1, -0.05) is 35.3 Å². The van der Waals surface area contributed by atoms with Crippen LogP contribution in [0, 0.1) is 18.3 Å². The fourth-order valence-corrected chi connectivity index (χ4v) is 4.87. The highest BCUT2D eigenvalue weighted by Gasteiger charge is 2.37. The van der Waals surface area contributed by atoms with Crippen molar-refractivity contribution in [3.05, 3.63) is 64.0 Å². The van der Waals surface area contributed by atoms with Crippen LogP contribution in [-0.2, 0) is 5.41 Å². The zero-order valence-corrected chi connectivity index (χ0v) is 23.7. The summed E-state index contributed by atoms with van der Waals surface area (Å²) >= 11 is 12.2. The summed E-state index contributed by atoms with van der Waals surface area (Å²) in [6, 6.07) is 15.2. The number of hydrogen-bond donors (Lipinski definition) is 1. The number of piperidine rings is 1. The topological polar surface area (TPSA) is 140 Å². The molecule has 4 aromatic rings. The van der Waals surface area contributed by atoms with E-state index in [0.717, 1.165) is 10.9 Å². The predicted molar refractivity (Wildman–Crippen MR) is 149 cm³/mol. The van der Waals surface area contributed by atoms with Gasteiger partial charge in [-0.2, -0.15) is 5.26 Å². The minimum Gasteiger partial charge on any atom is -0.490 e. The van der Waals surface area contributed by atoms with E-state index in [0.29, 0.717) is 71.4 Å². The Kier molecular flexibility index (Phi) is 9.81. The normalized spacial score (nSPS) is 15.8. The molecular formula is C26H27BrCl2N4O5. The molecule has 12 heteroatoms. The molecule has 1 fully saturated rings. The Morgan fingerprint density at radius 3 is 2.55 bits per heavy atom. The first-order valence-corrected chi connectivity index (χ1v) is 12.4. The summed E-state index contributed by atoms with van der Waals surface area (Å²) in [6.07, 6.45) is 0.576. The number of aliphatic hydroxyl groups is 1. The largest absolute Gasteiger partial charge is 0.490 e. The quantitative estimate of drug-likeness (QED) is 0.297. The molecule has 3 heterocycles. The fourth-order valence-electron chi connectivity index (χ4n) is 4.57. The van der Waals surface area contributed by atoms with Crippen molar-refractivity contribution < 1.29 is 24.2 Å². The lowest BCUT2D eigenvalue weighted by Crippen LogP contribution is -2.45. The van der Waals surface area contributed by atoms with Gasteiger partial charge in [-0.3, -0.25) is 0 Å². The third kappa shape index (κ3) is 6.15. The number of ether oxygens (including phenoxy) is 1. The van der Waals surface area contributed by atoms with E-state index >= 15 is 0 Å². The lowest BCUT2D eigenvalue weighted by atomic mass is 9.74. The van der Waals surface area contributed by atoms with Crippen molar-refractivity contribution in [2.75, 3.05) is 26.2 Å². The van der Waals surface area contributed by atoms with Crippen molar-refractivity contribution in [3.63, 3.8) is 0 Å². The number of likely N-dealkylation sites (tertiary alicyclic amines) is 1. The van der Waals surface area contributed by atoms with Gasteiger partial charge in [-0.25, -0.2) is 0 Å². The SMILES string of the molecule is Br.Cc1nnc(-c2cc3c(OC[C@@H](O)CN4CCC(C#N)(c5ccc(Cl)c(Cl)c5)CC4)cccc3o2)o1.O. The molecule has 38 heavy (non-hydrogen) atoms. The summed E-state index contributed by atoms with van der Waals surface area (Å²) in [4.78, 5) is 2.15. The second-order valence-corrected chi connectivity index (χ2v) is 9.81. The Bertz CT molecular complexity index is 1430. The number of fused-ring (bicyclic) bond motifs is 1. The molecule has 3 N–H and O–H groups in total. The van der Waals surface area contributed by atoms with Gasteiger partial charge in [0.05, 0.1) is 26.9 Å². The van der Waals surface area contributed by atoms with Crippen LogP contribution in [0.1, 0.15) is 24.3 Å². The van der Waals surface area contributed by atoms with Crippen molar-refractivity contribution in [1.29, 1.82) is 5.26 Å². The zero-order chi connectivity index (χ0) is 25.3. The number of rotatable bonds is 7. The van der Waals surface area contributed by atoms with Crippen LogP contribution in [0.3, 0.4) is 0 Å². The molecule has 0 aliphatic carbocycles. The number of nitrogens with zero attached hydrogens (tertiary/aromatic N) is 4. The number of β-amino-alcohol motifs (C(OH)–C–C–N with tert-alkyl or cyclic N) is 1. The van der Waals surface area contributed by atoms with Crippen LogP contribution in [0.15, 0.2) is 51.3 Å². The van der Waals surface area contributed by atoms with Crippen LogP contribution in [0.25, 0.3) is 22.6 Å². The van der Waals surface area contributed by atoms with Gasteiger partial charge in [0.2, 0.25) is 5.89 Å². The number of nitriles is 1. The molecular weight excluding hydrogens is 599 g/mol. The predicted octanol–water partition coefficient (Wildman–Crippen LogP) is 5.15. The molecule has 5 rings (SSSR count). The summed E-state index contributed by atoms with van der Waals surface area (Å²) in [5, 5.41) is 30.1. The van der Waals surface area contributed by atoms with Crippen LogP contribution >= 0.6 is 40.2 Å². The minimum absolute atomic E-state index is 0. The molecule has 1 saturated heterocycles. The van der Waals surface area contributed by atoms with E-state index in [1.807, 2.05) is 24.3 Å². The van der Waals surface area contributed by atoms with Gasteiger partial charge >= 0.3 is 0 Å². The van der Waals surface area contributed by atoms with E-state index in [2.05, 4.69) is 21.2 Å². The van der Waals surface area contributed by atoms with Crippen molar-refractivity contribution in [1.82, 2.24) is 15.1 Å². The summed E-state index contributed by atoms with van der Waals surface area (Å²) in [6.45, 7) is 3.62. The number of benzene rings is 2. The standard InChI is InChI=1S/C26H24Cl2N4O4.BrH.H2O/c1-16-30-31-25(35-16)24-12-19-22(3-2-4-23(19)36-24)34-14-18(33)13-32-9-7-26(15-29,8-10-32)17-5-6-20(27)21(28)11-17;;/h2-6,11-12,18,33H,7-10,13-14H2,1H3;1H;1H2/t18-;;/m0../s1. The van der Waals surface area contributed by atoms with E-state index in [9.17, 15) is 10.4 Å². The summed E-state index contributed by atoms with van der Waals surface area (Å²) < 4.78 is 17.2. The molecule has 0 bridgehead atoms. The maximum absolute atomic E-state index is 10.7. The van der Waals surface area contributed by atoms with Gasteiger partial charge in [-0.05, 0) is 42.7 Å². The van der Waals surface area contributed by atoms with Crippen LogP contribution in [-0.4, -0.2) is 58.0 Å². The Morgan fingerprint density at radius 2 is 1.89 bits per heavy atom. The monoisotopic (exact) mass is 624 g/mol. The first-order valence-electron chi connectivity index (χ1n) is 11.6. The van der Waals surface area contributed by atoms with E-state index in [1.54, 1.807) is 25.1 Å². The number of furan rings is 1. The number of hydrogen-bond acceptors (Lipinski definition) is 8. The van der Waals surface area contributed by atoms with Crippen LogP contribution < -0.4 is 4.74 Å². The van der Waals surface area contributed by atoms with Crippen LogP contribution in [0.5, 0.6) is 5.75 Å². The summed E-state index contributed by atoms with van der Waals surface area (Å²) in [7, 11) is 0. The highest BCUT2D eigenvalue weighted by atomic mass is 79.9. The smallest absolute Gasteiger partial charge is 0.283 e. The van der Waals surface area contributed by atoms with E-state index in [-0.39, 0.29) is 29.1 Å². The number of halogens is 3. The Balaban J connectivity index is 0.00000200. The maximum Gasteiger partial charge on any atom is 0.283 e. The van der Waals surface area contributed by atoms with E-state index in [4.69, 9.17) is 36.8 Å². The van der Waals surface area contributed by atoms with E-state index < -0.39 is 11.5 Å². The first kappa shape index (κ1) is 29.9. The summed E-state index contributed by atoms with van der Waals surface area (Å²) in [5.41, 5.74) is 0.891. The van der Waals surface area contributed by atoms with Crippen molar-refractivity contribution in [2.24, 2.45) is 0 Å².